The Morgan fingerprint density at radius 2 is 1.89 bits per heavy atom. The minimum atomic E-state index is -0.101. The molecule has 0 aliphatic carbocycles. The molecule has 6 heteroatoms. The lowest BCUT2D eigenvalue weighted by atomic mass is 10.1. The smallest absolute Gasteiger partial charge is 0.320 e. The van der Waals surface area contributed by atoms with Gasteiger partial charge in [0.1, 0.15) is 0 Å². The van der Waals surface area contributed by atoms with Crippen molar-refractivity contribution in [3.05, 3.63) is 76.1 Å². The van der Waals surface area contributed by atoms with E-state index in [0.717, 1.165) is 28.1 Å². The molecule has 0 saturated carbocycles. The second kappa shape index (κ2) is 7.60. The fourth-order valence-electron chi connectivity index (χ4n) is 3.25. The highest BCUT2D eigenvalue weighted by Crippen LogP contribution is 2.23. The number of urea groups is 1. The SMILES string of the molecule is Cc1ccc(NC(=O)N2CCc3nc(-c4ccc(Cl)cc4)ncc3C2)cc1C. The minimum absolute atomic E-state index is 0.101. The van der Waals surface area contributed by atoms with Gasteiger partial charge in [0.2, 0.25) is 0 Å². The zero-order valence-electron chi connectivity index (χ0n) is 15.9. The van der Waals surface area contributed by atoms with E-state index in [0.29, 0.717) is 30.4 Å². The second-order valence-electron chi connectivity index (χ2n) is 7.07. The zero-order chi connectivity index (χ0) is 19.7. The summed E-state index contributed by atoms with van der Waals surface area (Å²) in [4.78, 5) is 23.6. The number of hydrogen-bond donors (Lipinski definition) is 1. The van der Waals surface area contributed by atoms with Gasteiger partial charge in [-0.25, -0.2) is 14.8 Å². The molecule has 0 unspecified atom stereocenters. The van der Waals surface area contributed by atoms with E-state index >= 15 is 0 Å². The van der Waals surface area contributed by atoms with Crippen LogP contribution in [0.25, 0.3) is 11.4 Å². The quantitative estimate of drug-likeness (QED) is 0.667. The molecule has 0 saturated heterocycles. The summed E-state index contributed by atoms with van der Waals surface area (Å²) >= 11 is 5.95. The number of nitrogens with zero attached hydrogens (tertiary/aromatic N) is 3. The fourth-order valence-corrected chi connectivity index (χ4v) is 3.38. The van der Waals surface area contributed by atoms with Gasteiger partial charge in [0, 0.05) is 41.0 Å². The molecule has 0 fully saturated rings. The predicted molar refractivity (Wildman–Crippen MR) is 112 cm³/mol. The van der Waals surface area contributed by atoms with Crippen LogP contribution in [0.3, 0.4) is 0 Å². The summed E-state index contributed by atoms with van der Waals surface area (Å²) in [5.41, 5.74) is 6.09. The molecule has 0 atom stereocenters. The number of rotatable bonds is 2. The molecular formula is C22H21ClN4O. The molecule has 0 bridgehead atoms. The number of aromatic nitrogens is 2. The summed E-state index contributed by atoms with van der Waals surface area (Å²) in [6, 6.07) is 13.3. The second-order valence-corrected chi connectivity index (χ2v) is 7.51. The van der Waals surface area contributed by atoms with Gasteiger partial charge in [0.15, 0.2) is 5.82 Å². The van der Waals surface area contributed by atoms with Crippen LogP contribution in [0, 0.1) is 13.8 Å². The fraction of sp³-hybridized carbons (Fsp3) is 0.227. The molecule has 142 valence electrons. The van der Waals surface area contributed by atoms with Gasteiger partial charge >= 0.3 is 6.03 Å². The van der Waals surface area contributed by atoms with Crippen molar-refractivity contribution < 1.29 is 4.79 Å². The third-order valence-corrected chi connectivity index (χ3v) is 5.33. The molecule has 1 aromatic heterocycles. The average Bonchev–Trinajstić information content (AvgIpc) is 2.70. The Morgan fingerprint density at radius 3 is 2.64 bits per heavy atom. The summed E-state index contributed by atoms with van der Waals surface area (Å²) in [6.45, 7) is 5.23. The largest absolute Gasteiger partial charge is 0.322 e. The molecule has 0 radical (unpaired) electrons. The van der Waals surface area contributed by atoms with Crippen molar-refractivity contribution in [2.24, 2.45) is 0 Å². The number of halogens is 1. The molecule has 0 spiro atoms. The average molecular weight is 393 g/mol. The Labute approximate surface area is 169 Å². The van der Waals surface area contributed by atoms with Gasteiger partial charge in [0.25, 0.3) is 0 Å². The topological polar surface area (TPSA) is 58.1 Å². The van der Waals surface area contributed by atoms with Crippen molar-refractivity contribution in [3.8, 4) is 11.4 Å². The summed E-state index contributed by atoms with van der Waals surface area (Å²) in [5.74, 6) is 0.684. The van der Waals surface area contributed by atoms with Gasteiger partial charge in [-0.3, -0.25) is 0 Å². The standard InChI is InChI=1S/C22H21ClN4O/c1-14-3-8-19(11-15(14)2)25-22(28)27-10-9-20-17(13-27)12-24-21(26-20)16-4-6-18(23)7-5-16/h3-8,11-12H,9-10,13H2,1-2H3,(H,25,28). The summed E-state index contributed by atoms with van der Waals surface area (Å²) in [5, 5.41) is 3.67. The Hall–Kier alpha value is -2.92. The molecule has 4 rings (SSSR count). The van der Waals surface area contributed by atoms with Crippen molar-refractivity contribution in [1.29, 1.82) is 0 Å². The van der Waals surface area contributed by atoms with Gasteiger partial charge in [-0.1, -0.05) is 17.7 Å². The number of benzene rings is 2. The maximum atomic E-state index is 12.7. The number of amides is 2. The third-order valence-electron chi connectivity index (χ3n) is 5.08. The first kappa shape index (κ1) is 18.4. The van der Waals surface area contributed by atoms with Crippen LogP contribution in [-0.4, -0.2) is 27.4 Å². The van der Waals surface area contributed by atoms with E-state index in [-0.39, 0.29) is 6.03 Å². The highest BCUT2D eigenvalue weighted by atomic mass is 35.5. The zero-order valence-corrected chi connectivity index (χ0v) is 16.6. The van der Waals surface area contributed by atoms with Gasteiger partial charge in [-0.15, -0.1) is 0 Å². The molecule has 1 aliphatic heterocycles. The molecule has 2 heterocycles. The van der Waals surface area contributed by atoms with Crippen LogP contribution < -0.4 is 5.32 Å². The van der Waals surface area contributed by atoms with Crippen molar-refractivity contribution in [1.82, 2.24) is 14.9 Å². The minimum Gasteiger partial charge on any atom is -0.320 e. The van der Waals surface area contributed by atoms with Crippen LogP contribution in [-0.2, 0) is 13.0 Å². The van der Waals surface area contributed by atoms with Crippen LogP contribution in [0.4, 0.5) is 10.5 Å². The third kappa shape index (κ3) is 3.85. The normalized spacial score (nSPS) is 13.2. The predicted octanol–water partition coefficient (Wildman–Crippen LogP) is 5.00. The van der Waals surface area contributed by atoms with Crippen molar-refractivity contribution >= 4 is 23.3 Å². The van der Waals surface area contributed by atoms with Crippen molar-refractivity contribution in [3.63, 3.8) is 0 Å². The van der Waals surface area contributed by atoms with E-state index in [4.69, 9.17) is 16.6 Å². The van der Waals surface area contributed by atoms with Crippen molar-refractivity contribution in [2.45, 2.75) is 26.8 Å². The van der Waals surface area contributed by atoms with E-state index in [1.807, 2.05) is 55.6 Å². The van der Waals surface area contributed by atoms with Crippen LogP contribution >= 0.6 is 11.6 Å². The number of hydrogen-bond acceptors (Lipinski definition) is 3. The highest BCUT2D eigenvalue weighted by molar-refractivity contribution is 6.30. The maximum absolute atomic E-state index is 12.7. The van der Waals surface area contributed by atoms with Gasteiger partial charge in [-0.05, 0) is 61.4 Å². The molecular weight excluding hydrogens is 372 g/mol. The van der Waals surface area contributed by atoms with Crippen LogP contribution in [0.2, 0.25) is 5.02 Å². The Balaban J connectivity index is 1.47. The first-order valence-corrected chi connectivity index (χ1v) is 9.61. The molecule has 2 amide bonds. The van der Waals surface area contributed by atoms with Gasteiger partial charge < -0.3 is 10.2 Å². The number of fused-ring (bicyclic) bond motifs is 1. The maximum Gasteiger partial charge on any atom is 0.322 e. The number of anilines is 1. The Kier molecular flexibility index (Phi) is 5.01. The monoisotopic (exact) mass is 392 g/mol. The summed E-state index contributed by atoms with van der Waals surface area (Å²) in [6.07, 6.45) is 2.53. The van der Waals surface area contributed by atoms with E-state index in [2.05, 4.69) is 17.2 Å². The van der Waals surface area contributed by atoms with Crippen LogP contribution in [0.5, 0.6) is 0 Å². The summed E-state index contributed by atoms with van der Waals surface area (Å²) < 4.78 is 0. The lowest BCUT2D eigenvalue weighted by Gasteiger charge is -2.28. The highest BCUT2D eigenvalue weighted by Gasteiger charge is 2.22. The number of nitrogens with one attached hydrogen (secondary N) is 1. The van der Waals surface area contributed by atoms with E-state index in [1.165, 1.54) is 5.56 Å². The van der Waals surface area contributed by atoms with Crippen LogP contribution in [0.1, 0.15) is 22.4 Å². The Bertz CT molecular complexity index is 1030. The molecule has 3 aromatic rings. The van der Waals surface area contributed by atoms with Crippen molar-refractivity contribution in [2.75, 3.05) is 11.9 Å². The van der Waals surface area contributed by atoms with E-state index < -0.39 is 0 Å². The molecule has 28 heavy (non-hydrogen) atoms. The van der Waals surface area contributed by atoms with Gasteiger partial charge in [0.05, 0.1) is 12.2 Å². The van der Waals surface area contributed by atoms with E-state index in [1.54, 1.807) is 4.90 Å². The Morgan fingerprint density at radius 1 is 1.11 bits per heavy atom. The molecule has 5 nitrogen and oxygen atoms in total. The van der Waals surface area contributed by atoms with Crippen LogP contribution in [0.15, 0.2) is 48.7 Å². The van der Waals surface area contributed by atoms with Gasteiger partial charge in [-0.2, -0.15) is 0 Å². The number of aryl methyl sites for hydroxylation is 2. The molecule has 1 N–H and O–H groups in total. The lowest BCUT2D eigenvalue weighted by Crippen LogP contribution is -2.39. The number of carbonyl (C=O) groups is 1. The first-order valence-electron chi connectivity index (χ1n) is 9.23. The lowest BCUT2D eigenvalue weighted by molar-refractivity contribution is 0.206. The van der Waals surface area contributed by atoms with E-state index in [9.17, 15) is 4.79 Å². The first-order chi connectivity index (χ1) is 13.5. The molecule has 1 aliphatic rings. The molecule has 2 aromatic carbocycles. The number of carbonyl (C=O) groups excluding carboxylic acids is 1. The summed E-state index contributed by atoms with van der Waals surface area (Å²) in [7, 11) is 0.